The molecule has 2 aliphatic heterocycles. The maximum Gasteiger partial charge on any atom is 0.269 e. The molecule has 0 aromatic heterocycles. The van der Waals surface area contributed by atoms with Crippen LogP contribution in [0.1, 0.15) is 36.1 Å². The quantitative estimate of drug-likeness (QED) is 0.343. The number of rotatable bonds is 3. The Morgan fingerprint density at radius 3 is 2.42 bits per heavy atom. The van der Waals surface area contributed by atoms with Crippen molar-refractivity contribution in [2.24, 2.45) is 5.10 Å². The zero-order valence-corrected chi connectivity index (χ0v) is 18.0. The van der Waals surface area contributed by atoms with Gasteiger partial charge >= 0.3 is 0 Å². The molecule has 2 aliphatic rings. The van der Waals surface area contributed by atoms with Crippen molar-refractivity contribution >= 4 is 34.6 Å². The lowest BCUT2D eigenvalue weighted by Crippen LogP contribution is -2.48. The largest absolute Gasteiger partial charge is 0.462 e. The van der Waals surface area contributed by atoms with Gasteiger partial charge in [0.1, 0.15) is 5.75 Å². The molecule has 5 rings (SSSR count). The SMILES string of the molecule is C[C@@]1(c2ccc([N+](=O)[O-])cc2)Oc2ccc(Cl)cc2[C@@H]2CC(c3ccc(Cl)cc3)=NN21. The molecule has 2 heterocycles. The highest BCUT2D eigenvalue weighted by Crippen LogP contribution is 2.51. The number of hydrazone groups is 1. The highest BCUT2D eigenvalue weighted by atomic mass is 35.5. The third-order valence-electron chi connectivity index (χ3n) is 5.78. The van der Waals surface area contributed by atoms with Crippen LogP contribution in [0.3, 0.4) is 0 Å². The molecule has 156 valence electrons. The van der Waals surface area contributed by atoms with Crippen LogP contribution in [0.5, 0.6) is 5.75 Å². The van der Waals surface area contributed by atoms with Crippen LogP contribution in [-0.2, 0) is 5.72 Å². The van der Waals surface area contributed by atoms with Crippen molar-refractivity contribution < 1.29 is 9.66 Å². The second kappa shape index (κ2) is 7.25. The van der Waals surface area contributed by atoms with Gasteiger partial charge in [0.25, 0.3) is 5.69 Å². The minimum absolute atomic E-state index is 0.0265. The van der Waals surface area contributed by atoms with Crippen LogP contribution in [0.25, 0.3) is 0 Å². The van der Waals surface area contributed by atoms with Gasteiger partial charge in [0.15, 0.2) is 0 Å². The Hall–Kier alpha value is -3.09. The van der Waals surface area contributed by atoms with Gasteiger partial charge in [-0.1, -0.05) is 35.3 Å². The number of nitrogens with zero attached hydrogens (tertiary/aromatic N) is 3. The molecule has 0 spiro atoms. The van der Waals surface area contributed by atoms with Crippen LogP contribution in [0.2, 0.25) is 10.0 Å². The maximum atomic E-state index is 11.1. The molecular formula is C23H17Cl2N3O3. The van der Waals surface area contributed by atoms with Gasteiger partial charge in [-0.05, 0) is 48.0 Å². The summed E-state index contributed by atoms with van der Waals surface area (Å²) in [5.41, 5.74) is 2.69. The highest BCUT2D eigenvalue weighted by Gasteiger charge is 2.49. The van der Waals surface area contributed by atoms with E-state index in [2.05, 4.69) is 0 Å². The van der Waals surface area contributed by atoms with E-state index in [-0.39, 0.29) is 11.7 Å². The summed E-state index contributed by atoms with van der Waals surface area (Å²) in [7, 11) is 0. The van der Waals surface area contributed by atoms with Crippen molar-refractivity contribution in [2.75, 3.05) is 0 Å². The standard InChI is InChI=1S/C23H17Cl2N3O3/c1-23(15-4-9-18(10-5-15)28(29)30)27-21(19-12-17(25)8-11-22(19)31-23)13-20(26-27)14-2-6-16(24)7-3-14/h2-12,21H,13H2,1H3/t21-,23-/m0/s1. The van der Waals surface area contributed by atoms with E-state index in [1.165, 1.54) is 12.1 Å². The fourth-order valence-electron chi connectivity index (χ4n) is 4.18. The van der Waals surface area contributed by atoms with Crippen LogP contribution in [0.4, 0.5) is 5.69 Å². The number of nitro groups is 1. The monoisotopic (exact) mass is 453 g/mol. The summed E-state index contributed by atoms with van der Waals surface area (Å²) in [5, 5.41) is 19.2. The molecule has 0 unspecified atom stereocenters. The van der Waals surface area contributed by atoms with Gasteiger partial charge in [0, 0.05) is 46.6 Å². The lowest BCUT2D eigenvalue weighted by Gasteiger charge is -2.46. The van der Waals surface area contributed by atoms with Gasteiger partial charge in [-0.3, -0.25) is 10.1 Å². The van der Waals surface area contributed by atoms with Gasteiger partial charge in [0.2, 0.25) is 5.72 Å². The van der Waals surface area contributed by atoms with Gasteiger partial charge < -0.3 is 4.74 Å². The highest BCUT2D eigenvalue weighted by molar-refractivity contribution is 6.31. The summed E-state index contributed by atoms with van der Waals surface area (Å²) in [4.78, 5) is 10.7. The Morgan fingerprint density at radius 1 is 1.06 bits per heavy atom. The molecule has 8 heteroatoms. The number of hydrogen-bond acceptors (Lipinski definition) is 5. The summed E-state index contributed by atoms with van der Waals surface area (Å²) in [5.74, 6) is 0.721. The molecule has 31 heavy (non-hydrogen) atoms. The first-order chi connectivity index (χ1) is 14.8. The molecule has 0 amide bonds. The molecule has 0 fully saturated rings. The van der Waals surface area contributed by atoms with Gasteiger partial charge in [0.05, 0.1) is 16.7 Å². The number of hydrogen-bond donors (Lipinski definition) is 0. The van der Waals surface area contributed by atoms with Crippen molar-refractivity contribution in [3.63, 3.8) is 0 Å². The number of non-ortho nitro benzene ring substituents is 1. The fourth-order valence-corrected chi connectivity index (χ4v) is 4.49. The van der Waals surface area contributed by atoms with E-state index < -0.39 is 10.6 Å². The molecule has 0 bridgehead atoms. The molecular weight excluding hydrogens is 437 g/mol. The zero-order chi connectivity index (χ0) is 21.8. The summed E-state index contributed by atoms with van der Waals surface area (Å²) in [6, 6.07) is 19.4. The molecule has 0 radical (unpaired) electrons. The van der Waals surface area contributed by atoms with E-state index in [4.69, 9.17) is 33.0 Å². The minimum Gasteiger partial charge on any atom is -0.462 e. The third-order valence-corrected chi connectivity index (χ3v) is 6.27. The Kier molecular flexibility index (Phi) is 4.64. The molecule has 2 atom stereocenters. The van der Waals surface area contributed by atoms with Crippen LogP contribution in [0, 0.1) is 10.1 Å². The van der Waals surface area contributed by atoms with Gasteiger partial charge in [-0.15, -0.1) is 0 Å². The predicted octanol–water partition coefficient (Wildman–Crippen LogP) is 6.32. The molecule has 0 aliphatic carbocycles. The first kappa shape index (κ1) is 19.8. The topological polar surface area (TPSA) is 68.0 Å². The van der Waals surface area contributed by atoms with Crippen molar-refractivity contribution in [1.29, 1.82) is 0 Å². The summed E-state index contributed by atoms with van der Waals surface area (Å²) < 4.78 is 6.45. The summed E-state index contributed by atoms with van der Waals surface area (Å²) in [6.07, 6.45) is 0.668. The number of ether oxygens (including phenoxy) is 1. The lowest BCUT2D eigenvalue weighted by atomic mass is 9.92. The van der Waals surface area contributed by atoms with Crippen LogP contribution >= 0.6 is 23.2 Å². The van der Waals surface area contributed by atoms with Crippen molar-refractivity contribution in [3.05, 3.63) is 104 Å². The number of nitro benzene ring substituents is 1. The summed E-state index contributed by atoms with van der Waals surface area (Å²) in [6.45, 7) is 1.92. The first-order valence-electron chi connectivity index (χ1n) is 9.71. The van der Waals surface area contributed by atoms with Gasteiger partial charge in [-0.2, -0.15) is 5.10 Å². The third kappa shape index (κ3) is 3.32. The number of fused-ring (bicyclic) bond motifs is 3. The van der Waals surface area contributed by atoms with Crippen molar-refractivity contribution in [1.82, 2.24) is 5.01 Å². The van der Waals surface area contributed by atoms with Crippen LogP contribution in [0.15, 0.2) is 71.8 Å². The van der Waals surface area contributed by atoms with Crippen LogP contribution in [-0.4, -0.2) is 15.6 Å². The van der Waals surface area contributed by atoms with E-state index in [1.807, 2.05) is 48.3 Å². The predicted molar refractivity (Wildman–Crippen MR) is 120 cm³/mol. The Morgan fingerprint density at radius 2 is 1.74 bits per heavy atom. The Balaban J connectivity index is 1.63. The van der Waals surface area contributed by atoms with E-state index >= 15 is 0 Å². The molecule has 0 N–H and O–H groups in total. The van der Waals surface area contributed by atoms with Crippen molar-refractivity contribution in [2.45, 2.75) is 25.1 Å². The van der Waals surface area contributed by atoms with Gasteiger partial charge in [-0.25, -0.2) is 5.01 Å². The number of halogens is 2. The first-order valence-corrected chi connectivity index (χ1v) is 10.5. The normalized spacial score (nSPS) is 21.7. The molecule has 0 saturated heterocycles. The summed E-state index contributed by atoms with van der Waals surface area (Å²) >= 11 is 12.3. The Bertz CT molecular complexity index is 1210. The van der Waals surface area contributed by atoms with E-state index in [9.17, 15) is 10.1 Å². The number of benzene rings is 3. The van der Waals surface area contributed by atoms with E-state index in [0.29, 0.717) is 16.5 Å². The lowest BCUT2D eigenvalue weighted by molar-refractivity contribution is -0.384. The maximum absolute atomic E-state index is 11.1. The van der Waals surface area contributed by atoms with Crippen molar-refractivity contribution in [3.8, 4) is 5.75 Å². The van der Waals surface area contributed by atoms with E-state index in [0.717, 1.165) is 28.2 Å². The molecule has 0 saturated carbocycles. The minimum atomic E-state index is -0.950. The smallest absolute Gasteiger partial charge is 0.269 e. The average Bonchev–Trinajstić information content (AvgIpc) is 3.22. The second-order valence-corrected chi connectivity index (χ2v) is 8.56. The second-order valence-electron chi connectivity index (χ2n) is 7.69. The molecule has 3 aromatic carbocycles. The fraction of sp³-hybridized carbons (Fsp3) is 0.174. The van der Waals surface area contributed by atoms with Crippen LogP contribution < -0.4 is 4.74 Å². The van der Waals surface area contributed by atoms with E-state index in [1.54, 1.807) is 18.2 Å². The Labute approximate surface area is 188 Å². The molecule has 3 aromatic rings. The zero-order valence-electron chi connectivity index (χ0n) is 16.5. The molecule has 6 nitrogen and oxygen atoms in total. The average molecular weight is 454 g/mol.